The van der Waals surface area contributed by atoms with Crippen molar-refractivity contribution in [2.75, 3.05) is 13.1 Å². The van der Waals surface area contributed by atoms with Crippen molar-refractivity contribution >= 4 is 5.91 Å². The molecule has 18 heavy (non-hydrogen) atoms. The van der Waals surface area contributed by atoms with Gasteiger partial charge in [0, 0.05) is 12.5 Å². The van der Waals surface area contributed by atoms with Gasteiger partial charge in [0.15, 0.2) is 0 Å². The number of rotatable bonds is 6. The van der Waals surface area contributed by atoms with Crippen LogP contribution in [-0.2, 0) is 4.79 Å². The summed E-state index contributed by atoms with van der Waals surface area (Å²) >= 11 is 0. The van der Waals surface area contributed by atoms with E-state index in [-0.39, 0.29) is 31.5 Å². The Labute approximate surface area is 106 Å². The molecule has 106 valence electrons. The molecule has 1 saturated carbocycles. The van der Waals surface area contributed by atoms with Crippen LogP contribution in [0.5, 0.6) is 0 Å². The average molecular weight is 266 g/mol. The lowest BCUT2D eigenvalue weighted by Crippen LogP contribution is -2.41. The molecule has 1 aliphatic carbocycles. The smallest absolute Gasteiger partial charge is 0.352 e. The van der Waals surface area contributed by atoms with Gasteiger partial charge in [-0.3, -0.25) is 4.79 Å². The number of carbonyl (C=O) groups is 1. The standard InChI is InChI=1S/C12H21F3N2O/c13-12(14,15)7-4-8-16-9-11(18)17-10-5-2-1-3-6-10/h10,16H,1-9H2,(H,17,18). The number of amides is 1. The van der Waals surface area contributed by atoms with Crippen molar-refractivity contribution in [3.05, 3.63) is 0 Å². The average Bonchev–Trinajstić information content (AvgIpc) is 2.28. The molecule has 0 aliphatic heterocycles. The summed E-state index contributed by atoms with van der Waals surface area (Å²) in [7, 11) is 0. The Morgan fingerprint density at radius 1 is 1.17 bits per heavy atom. The summed E-state index contributed by atoms with van der Waals surface area (Å²) in [6, 6.07) is 0.253. The Balaban J connectivity index is 1.99. The van der Waals surface area contributed by atoms with Gasteiger partial charge in [0.2, 0.25) is 5.91 Å². The highest BCUT2D eigenvalue weighted by Gasteiger charge is 2.25. The first-order chi connectivity index (χ1) is 8.47. The van der Waals surface area contributed by atoms with Gasteiger partial charge in [-0.15, -0.1) is 0 Å². The van der Waals surface area contributed by atoms with Crippen LogP contribution in [0, 0.1) is 0 Å². The van der Waals surface area contributed by atoms with Crippen LogP contribution in [-0.4, -0.2) is 31.2 Å². The first kappa shape index (κ1) is 15.3. The number of halogens is 3. The van der Waals surface area contributed by atoms with Crippen LogP contribution in [0.2, 0.25) is 0 Å². The van der Waals surface area contributed by atoms with E-state index in [1.54, 1.807) is 0 Å². The fraction of sp³-hybridized carbons (Fsp3) is 0.917. The Kier molecular flexibility index (Phi) is 6.46. The fourth-order valence-corrected chi connectivity index (χ4v) is 2.14. The largest absolute Gasteiger partial charge is 0.389 e. The van der Waals surface area contributed by atoms with Gasteiger partial charge in [-0.25, -0.2) is 0 Å². The zero-order valence-corrected chi connectivity index (χ0v) is 10.5. The number of hydrogen-bond donors (Lipinski definition) is 2. The predicted octanol–water partition coefficient (Wildman–Crippen LogP) is 2.37. The van der Waals surface area contributed by atoms with Crippen molar-refractivity contribution in [2.24, 2.45) is 0 Å². The molecular weight excluding hydrogens is 245 g/mol. The van der Waals surface area contributed by atoms with Crippen LogP contribution >= 0.6 is 0 Å². The van der Waals surface area contributed by atoms with Crippen molar-refractivity contribution in [3.63, 3.8) is 0 Å². The van der Waals surface area contributed by atoms with Crippen LogP contribution < -0.4 is 10.6 Å². The lowest BCUT2D eigenvalue weighted by molar-refractivity contribution is -0.135. The van der Waals surface area contributed by atoms with E-state index < -0.39 is 12.6 Å². The number of carbonyl (C=O) groups excluding carboxylic acids is 1. The van der Waals surface area contributed by atoms with Crippen molar-refractivity contribution in [2.45, 2.75) is 57.2 Å². The van der Waals surface area contributed by atoms with Crippen LogP contribution in [0.1, 0.15) is 44.9 Å². The number of nitrogens with one attached hydrogen (secondary N) is 2. The molecule has 0 unspecified atom stereocenters. The van der Waals surface area contributed by atoms with Gasteiger partial charge < -0.3 is 10.6 Å². The van der Waals surface area contributed by atoms with Crippen LogP contribution in [0.3, 0.4) is 0 Å². The van der Waals surface area contributed by atoms with E-state index in [1.165, 1.54) is 6.42 Å². The summed E-state index contributed by atoms with van der Waals surface area (Å²) < 4.78 is 35.5. The molecule has 0 radical (unpaired) electrons. The third-order valence-electron chi connectivity index (χ3n) is 3.07. The number of hydrogen-bond acceptors (Lipinski definition) is 2. The van der Waals surface area contributed by atoms with Gasteiger partial charge in [-0.2, -0.15) is 13.2 Å². The molecule has 0 saturated heterocycles. The fourth-order valence-electron chi connectivity index (χ4n) is 2.14. The van der Waals surface area contributed by atoms with E-state index in [9.17, 15) is 18.0 Å². The quantitative estimate of drug-likeness (QED) is 0.725. The van der Waals surface area contributed by atoms with Crippen molar-refractivity contribution in [1.29, 1.82) is 0 Å². The molecule has 1 amide bonds. The zero-order valence-electron chi connectivity index (χ0n) is 10.5. The lowest BCUT2D eigenvalue weighted by Gasteiger charge is -2.22. The van der Waals surface area contributed by atoms with E-state index in [0.29, 0.717) is 0 Å². The third-order valence-corrected chi connectivity index (χ3v) is 3.07. The minimum atomic E-state index is -4.11. The molecule has 0 aromatic rings. The summed E-state index contributed by atoms with van der Waals surface area (Å²) in [5.41, 5.74) is 0. The highest BCUT2D eigenvalue weighted by Crippen LogP contribution is 2.20. The summed E-state index contributed by atoms with van der Waals surface area (Å²) in [5, 5.41) is 5.64. The van der Waals surface area contributed by atoms with E-state index in [4.69, 9.17) is 0 Å². The second kappa shape index (κ2) is 7.61. The Hall–Kier alpha value is -0.780. The van der Waals surface area contributed by atoms with Gasteiger partial charge in [0.25, 0.3) is 0 Å². The highest BCUT2D eigenvalue weighted by atomic mass is 19.4. The molecular formula is C12H21F3N2O. The number of alkyl halides is 3. The van der Waals surface area contributed by atoms with Crippen molar-refractivity contribution in [1.82, 2.24) is 10.6 Å². The van der Waals surface area contributed by atoms with Crippen LogP contribution in [0.4, 0.5) is 13.2 Å². The molecule has 0 spiro atoms. The van der Waals surface area contributed by atoms with E-state index >= 15 is 0 Å². The molecule has 6 heteroatoms. The molecule has 2 N–H and O–H groups in total. The minimum absolute atomic E-state index is 0.0141. The zero-order chi connectivity index (χ0) is 13.4. The van der Waals surface area contributed by atoms with Gasteiger partial charge >= 0.3 is 6.18 Å². The van der Waals surface area contributed by atoms with E-state index in [2.05, 4.69) is 10.6 Å². The van der Waals surface area contributed by atoms with Crippen LogP contribution in [0.15, 0.2) is 0 Å². The summed E-state index contributed by atoms with van der Waals surface area (Å²) in [4.78, 5) is 11.5. The SMILES string of the molecule is O=C(CNCCCC(F)(F)F)NC1CCCCC1. The molecule has 1 aliphatic rings. The van der Waals surface area contributed by atoms with E-state index in [1.807, 2.05) is 0 Å². The summed E-state index contributed by atoms with van der Waals surface area (Å²) in [6.45, 7) is 0.325. The monoisotopic (exact) mass is 266 g/mol. The predicted molar refractivity (Wildman–Crippen MR) is 63.2 cm³/mol. The molecule has 0 aromatic heterocycles. The maximum atomic E-state index is 11.8. The molecule has 3 nitrogen and oxygen atoms in total. The topological polar surface area (TPSA) is 41.1 Å². The third kappa shape index (κ3) is 7.53. The maximum Gasteiger partial charge on any atom is 0.389 e. The second-order valence-corrected chi connectivity index (χ2v) is 4.80. The van der Waals surface area contributed by atoms with Gasteiger partial charge in [-0.05, 0) is 25.8 Å². The van der Waals surface area contributed by atoms with Crippen LogP contribution in [0.25, 0.3) is 0 Å². The molecule has 1 fully saturated rings. The van der Waals surface area contributed by atoms with Crippen molar-refractivity contribution in [3.8, 4) is 0 Å². The lowest BCUT2D eigenvalue weighted by atomic mass is 9.95. The highest BCUT2D eigenvalue weighted by molar-refractivity contribution is 5.78. The Bertz CT molecular complexity index is 250. The second-order valence-electron chi connectivity index (χ2n) is 4.80. The molecule has 0 aromatic carbocycles. The molecule has 0 heterocycles. The molecule has 0 bridgehead atoms. The molecule has 0 atom stereocenters. The Morgan fingerprint density at radius 2 is 1.83 bits per heavy atom. The molecule has 1 rings (SSSR count). The van der Waals surface area contributed by atoms with Gasteiger partial charge in [0.1, 0.15) is 0 Å². The Morgan fingerprint density at radius 3 is 2.44 bits per heavy atom. The van der Waals surface area contributed by atoms with Crippen molar-refractivity contribution < 1.29 is 18.0 Å². The summed E-state index contributed by atoms with van der Waals surface area (Å²) in [6.07, 6.45) is 0.645. The van der Waals surface area contributed by atoms with Gasteiger partial charge in [0.05, 0.1) is 6.54 Å². The van der Waals surface area contributed by atoms with Gasteiger partial charge in [-0.1, -0.05) is 19.3 Å². The normalized spacial score (nSPS) is 17.7. The first-order valence-electron chi connectivity index (χ1n) is 6.54. The van der Waals surface area contributed by atoms with E-state index in [0.717, 1.165) is 25.7 Å². The maximum absolute atomic E-state index is 11.8. The first-order valence-corrected chi connectivity index (χ1v) is 6.54. The minimum Gasteiger partial charge on any atom is -0.352 e. The summed E-state index contributed by atoms with van der Waals surface area (Å²) in [5.74, 6) is -0.117.